The molecule has 0 amide bonds. The maximum atomic E-state index is 5.76. The van der Waals surface area contributed by atoms with Crippen LogP contribution in [0.25, 0.3) is 0 Å². The van der Waals surface area contributed by atoms with Gasteiger partial charge in [0.05, 0.1) is 0 Å². The zero-order valence-electron chi connectivity index (χ0n) is 13.1. The number of ether oxygens (including phenoxy) is 2. The van der Waals surface area contributed by atoms with Gasteiger partial charge in [-0.15, -0.1) is 0 Å². The van der Waals surface area contributed by atoms with E-state index >= 15 is 0 Å². The standard InChI is InChI=1S/C18H21N3O2/c19-15-2-4-16(5-3-15)21-9-7-20(8-10-21)12-14-1-6-17-18(11-14)23-13-22-17/h1-6,11H,7-10,12-13,19H2. The summed E-state index contributed by atoms with van der Waals surface area (Å²) < 4.78 is 10.8. The van der Waals surface area contributed by atoms with E-state index in [1.807, 2.05) is 18.2 Å². The van der Waals surface area contributed by atoms with Gasteiger partial charge in [0, 0.05) is 44.1 Å². The van der Waals surface area contributed by atoms with E-state index < -0.39 is 0 Å². The van der Waals surface area contributed by atoms with E-state index in [0.717, 1.165) is 49.9 Å². The molecule has 0 unspecified atom stereocenters. The second kappa shape index (κ2) is 6.01. The van der Waals surface area contributed by atoms with E-state index in [-0.39, 0.29) is 0 Å². The van der Waals surface area contributed by atoms with Crippen molar-refractivity contribution in [2.45, 2.75) is 6.54 Å². The van der Waals surface area contributed by atoms with Crippen LogP contribution in [0, 0.1) is 0 Å². The number of piperazine rings is 1. The Morgan fingerprint density at radius 2 is 1.61 bits per heavy atom. The Labute approximate surface area is 136 Å². The second-order valence-corrected chi connectivity index (χ2v) is 6.04. The third kappa shape index (κ3) is 3.05. The Kier molecular flexibility index (Phi) is 3.71. The number of benzene rings is 2. The zero-order chi connectivity index (χ0) is 15.6. The number of nitrogen functional groups attached to an aromatic ring is 1. The van der Waals surface area contributed by atoms with Crippen molar-refractivity contribution in [3.8, 4) is 11.5 Å². The van der Waals surface area contributed by atoms with Crippen LogP contribution >= 0.6 is 0 Å². The first kappa shape index (κ1) is 14.2. The highest BCUT2D eigenvalue weighted by molar-refractivity contribution is 5.53. The fourth-order valence-corrected chi connectivity index (χ4v) is 3.15. The van der Waals surface area contributed by atoms with Crippen molar-refractivity contribution in [3.05, 3.63) is 48.0 Å². The van der Waals surface area contributed by atoms with Crippen LogP contribution in [0.15, 0.2) is 42.5 Å². The molecule has 2 aromatic rings. The predicted molar refractivity (Wildman–Crippen MR) is 90.9 cm³/mol. The SMILES string of the molecule is Nc1ccc(N2CCN(Cc3ccc4c(c3)OCO4)CC2)cc1. The summed E-state index contributed by atoms with van der Waals surface area (Å²) in [5.74, 6) is 1.71. The highest BCUT2D eigenvalue weighted by atomic mass is 16.7. The zero-order valence-corrected chi connectivity index (χ0v) is 13.1. The molecule has 5 nitrogen and oxygen atoms in total. The van der Waals surface area contributed by atoms with Crippen LogP contribution in [-0.2, 0) is 6.54 Å². The molecule has 2 aliphatic rings. The van der Waals surface area contributed by atoms with Gasteiger partial charge in [0.15, 0.2) is 11.5 Å². The molecule has 23 heavy (non-hydrogen) atoms. The summed E-state index contributed by atoms with van der Waals surface area (Å²) in [6.07, 6.45) is 0. The Hall–Kier alpha value is -2.40. The summed E-state index contributed by atoms with van der Waals surface area (Å²) in [5.41, 5.74) is 9.10. The molecule has 0 spiro atoms. The Morgan fingerprint density at radius 1 is 0.870 bits per heavy atom. The highest BCUT2D eigenvalue weighted by Crippen LogP contribution is 2.32. The number of hydrogen-bond acceptors (Lipinski definition) is 5. The van der Waals surface area contributed by atoms with Crippen LogP contribution in [0.2, 0.25) is 0 Å². The maximum Gasteiger partial charge on any atom is 0.231 e. The van der Waals surface area contributed by atoms with Crippen LogP contribution in [0.3, 0.4) is 0 Å². The lowest BCUT2D eigenvalue weighted by Gasteiger charge is -2.36. The van der Waals surface area contributed by atoms with Crippen LogP contribution in [0.5, 0.6) is 11.5 Å². The Morgan fingerprint density at radius 3 is 2.39 bits per heavy atom. The van der Waals surface area contributed by atoms with Gasteiger partial charge in [0.2, 0.25) is 6.79 Å². The summed E-state index contributed by atoms with van der Waals surface area (Å²) in [7, 11) is 0. The summed E-state index contributed by atoms with van der Waals surface area (Å²) in [5, 5.41) is 0. The van der Waals surface area contributed by atoms with E-state index in [1.165, 1.54) is 11.3 Å². The van der Waals surface area contributed by atoms with Gasteiger partial charge in [-0.1, -0.05) is 6.07 Å². The molecule has 2 heterocycles. The molecule has 1 fully saturated rings. The number of fused-ring (bicyclic) bond motifs is 1. The van der Waals surface area contributed by atoms with Crippen molar-refractivity contribution >= 4 is 11.4 Å². The molecule has 0 aromatic heterocycles. The number of nitrogens with two attached hydrogens (primary N) is 1. The minimum absolute atomic E-state index is 0.332. The lowest BCUT2D eigenvalue weighted by atomic mass is 10.1. The number of anilines is 2. The van der Waals surface area contributed by atoms with Gasteiger partial charge in [-0.2, -0.15) is 0 Å². The molecule has 0 bridgehead atoms. The molecule has 0 atom stereocenters. The van der Waals surface area contributed by atoms with Crippen LogP contribution in [-0.4, -0.2) is 37.9 Å². The lowest BCUT2D eigenvalue weighted by Crippen LogP contribution is -2.45. The molecule has 0 radical (unpaired) electrons. The van der Waals surface area contributed by atoms with Gasteiger partial charge in [0.25, 0.3) is 0 Å². The molecule has 0 saturated carbocycles. The Balaban J connectivity index is 1.35. The van der Waals surface area contributed by atoms with Gasteiger partial charge in [0.1, 0.15) is 0 Å². The number of nitrogens with zero attached hydrogens (tertiary/aromatic N) is 2. The van der Waals surface area contributed by atoms with Crippen molar-refractivity contribution in [1.29, 1.82) is 0 Å². The molecule has 1 saturated heterocycles. The maximum absolute atomic E-state index is 5.76. The molecule has 0 aliphatic carbocycles. The van der Waals surface area contributed by atoms with Crippen LogP contribution < -0.4 is 20.1 Å². The summed E-state index contributed by atoms with van der Waals surface area (Å²) >= 11 is 0. The first-order valence-electron chi connectivity index (χ1n) is 7.99. The first-order valence-corrected chi connectivity index (χ1v) is 7.99. The normalized spacial score (nSPS) is 17.5. The van der Waals surface area contributed by atoms with Crippen molar-refractivity contribution in [2.24, 2.45) is 0 Å². The minimum Gasteiger partial charge on any atom is -0.454 e. The number of rotatable bonds is 3. The van der Waals surface area contributed by atoms with Crippen molar-refractivity contribution in [3.63, 3.8) is 0 Å². The fourth-order valence-electron chi connectivity index (χ4n) is 3.15. The van der Waals surface area contributed by atoms with Crippen molar-refractivity contribution in [1.82, 2.24) is 4.90 Å². The van der Waals surface area contributed by atoms with Crippen LogP contribution in [0.4, 0.5) is 11.4 Å². The average molecular weight is 311 g/mol. The van der Waals surface area contributed by atoms with Gasteiger partial charge < -0.3 is 20.1 Å². The van der Waals surface area contributed by atoms with E-state index in [9.17, 15) is 0 Å². The summed E-state index contributed by atoms with van der Waals surface area (Å²) in [4.78, 5) is 4.89. The third-order valence-corrected chi connectivity index (χ3v) is 4.47. The van der Waals surface area contributed by atoms with Gasteiger partial charge >= 0.3 is 0 Å². The number of hydrogen-bond donors (Lipinski definition) is 1. The molecule has 4 rings (SSSR count). The average Bonchev–Trinajstić information content (AvgIpc) is 3.04. The van der Waals surface area contributed by atoms with Crippen molar-refractivity contribution < 1.29 is 9.47 Å². The van der Waals surface area contributed by atoms with Gasteiger partial charge in [-0.05, 0) is 42.0 Å². The molecule has 2 aliphatic heterocycles. The quantitative estimate of drug-likeness (QED) is 0.882. The lowest BCUT2D eigenvalue weighted by molar-refractivity contribution is 0.174. The molecular weight excluding hydrogens is 290 g/mol. The molecular formula is C18H21N3O2. The van der Waals surface area contributed by atoms with Crippen molar-refractivity contribution in [2.75, 3.05) is 43.6 Å². The van der Waals surface area contributed by atoms with Gasteiger partial charge in [-0.3, -0.25) is 4.90 Å². The molecule has 5 heteroatoms. The largest absolute Gasteiger partial charge is 0.454 e. The second-order valence-electron chi connectivity index (χ2n) is 6.04. The third-order valence-electron chi connectivity index (χ3n) is 4.47. The summed E-state index contributed by atoms with van der Waals surface area (Å²) in [6, 6.07) is 14.4. The van der Waals surface area contributed by atoms with Crippen LogP contribution in [0.1, 0.15) is 5.56 Å². The smallest absolute Gasteiger partial charge is 0.231 e. The highest BCUT2D eigenvalue weighted by Gasteiger charge is 2.19. The predicted octanol–water partition coefficient (Wildman–Crippen LogP) is 2.32. The summed E-state index contributed by atoms with van der Waals surface area (Å²) in [6.45, 7) is 5.46. The topological polar surface area (TPSA) is 51.0 Å². The minimum atomic E-state index is 0.332. The van der Waals surface area contributed by atoms with Gasteiger partial charge in [-0.25, -0.2) is 0 Å². The van der Waals surface area contributed by atoms with E-state index in [0.29, 0.717) is 6.79 Å². The molecule has 2 aromatic carbocycles. The fraction of sp³-hybridized carbons (Fsp3) is 0.333. The van der Waals surface area contributed by atoms with E-state index in [4.69, 9.17) is 15.2 Å². The molecule has 120 valence electrons. The Bertz CT molecular complexity index is 679. The van der Waals surface area contributed by atoms with E-state index in [1.54, 1.807) is 0 Å². The molecule has 2 N–H and O–H groups in total. The van der Waals surface area contributed by atoms with E-state index in [2.05, 4.69) is 34.1 Å². The first-order chi connectivity index (χ1) is 11.3. The monoisotopic (exact) mass is 311 g/mol.